The molecule has 4 aromatic carbocycles. The normalized spacial score (nSPS) is 12.6. The molecule has 2 unspecified atom stereocenters. The minimum atomic E-state index is -3.98. The third-order valence-electron chi connectivity index (χ3n) is 10.7. The van der Waals surface area contributed by atoms with Crippen molar-refractivity contribution in [3.05, 3.63) is 146 Å². The van der Waals surface area contributed by atoms with Crippen molar-refractivity contribution in [3.63, 3.8) is 0 Å². The number of nitrogens with zero attached hydrogens (tertiary/aromatic N) is 6. The summed E-state index contributed by atoms with van der Waals surface area (Å²) in [5.74, 6) is 1.56. The first kappa shape index (κ1) is 61.5. The molecular weight excluding hydrogens is 1170 g/mol. The van der Waals surface area contributed by atoms with E-state index < -0.39 is 64.9 Å². The Kier molecular flexibility index (Phi) is 22.2. The molecule has 2 atom stereocenters. The number of rotatable bonds is 27. The van der Waals surface area contributed by atoms with Crippen LogP contribution in [-0.2, 0) is 72.5 Å². The van der Waals surface area contributed by atoms with Crippen LogP contribution in [0, 0.1) is 0 Å². The zero-order chi connectivity index (χ0) is 58.7. The van der Waals surface area contributed by atoms with Gasteiger partial charge in [0, 0.05) is 29.2 Å². The number of hydrogen-bond donors (Lipinski definition) is 4. The summed E-state index contributed by atoms with van der Waals surface area (Å²) in [4.78, 5) is 69.1. The number of imidazole rings is 2. The number of carbonyl (C=O) groups excluding carboxylic acids is 2. The zero-order valence-electron chi connectivity index (χ0n) is 43.6. The summed E-state index contributed by atoms with van der Waals surface area (Å²) in [5.41, 5.74) is 12.3. The highest BCUT2D eigenvalue weighted by Crippen LogP contribution is 2.50. The largest absolute Gasteiger partial charge is 0.515 e. The van der Waals surface area contributed by atoms with Gasteiger partial charge in [-0.25, -0.2) is 19.6 Å². The second kappa shape index (κ2) is 29.6. The molecule has 0 amide bonds. The monoisotopic (exact) mass is 1220 g/mol. The molecule has 436 valence electrons. The summed E-state index contributed by atoms with van der Waals surface area (Å²) in [6, 6.07) is 24.2. The number of halogens is 2. The Hall–Kier alpha value is -8.08. The Morgan fingerprint density at radius 1 is 0.573 bits per heavy atom. The summed E-state index contributed by atoms with van der Waals surface area (Å²) < 4.78 is 98.2. The van der Waals surface area contributed by atoms with Crippen LogP contribution in [0.4, 0.5) is 21.5 Å². The number of carbonyl (C=O) groups is 2. The molecule has 0 aliphatic heterocycles. The Bertz CT molecular complexity index is 3680. The van der Waals surface area contributed by atoms with E-state index in [1.807, 2.05) is 0 Å². The van der Waals surface area contributed by atoms with Gasteiger partial charge in [-0.1, -0.05) is 47.5 Å². The average Bonchev–Trinajstić information content (AvgIpc) is 4.08. The number of aromatic nitrogens is 8. The maximum Gasteiger partial charge on any atom is 0.515 e. The van der Waals surface area contributed by atoms with Crippen LogP contribution in [0.1, 0.15) is 11.1 Å². The Balaban J connectivity index is 0.000000236. The summed E-state index contributed by atoms with van der Waals surface area (Å²) in [5, 5.41) is 0.934. The molecule has 82 heavy (non-hydrogen) atoms. The van der Waals surface area contributed by atoms with E-state index in [0.717, 1.165) is 0 Å². The molecule has 0 spiro atoms. The first-order chi connectivity index (χ1) is 39.4. The molecule has 8 rings (SSSR count). The van der Waals surface area contributed by atoms with Crippen LogP contribution in [0.3, 0.4) is 0 Å². The van der Waals surface area contributed by atoms with Gasteiger partial charge >= 0.3 is 27.5 Å². The Morgan fingerprint density at radius 2 is 1.02 bits per heavy atom. The molecule has 8 aromatic rings. The van der Waals surface area contributed by atoms with Gasteiger partial charge in [0.2, 0.25) is 25.5 Å². The summed E-state index contributed by atoms with van der Waals surface area (Å²) in [7, 11) is -3.52. The van der Waals surface area contributed by atoms with Gasteiger partial charge in [0.25, 0.3) is 11.1 Å². The average molecular weight is 1220 g/mol. The van der Waals surface area contributed by atoms with Crippen molar-refractivity contribution in [1.29, 1.82) is 0 Å². The molecule has 6 N–H and O–H groups in total. The van der Waals surface area contributed by atoms with Crippen molar-refractivity contribution in [2.75, 3.05) is 72.3 Å². The van der Waals surface area contributed by atoms with Gasteiger partial charge in [-0.2, -0.15) is 9.97 Å². The number of ether oxygens (including phenoxy) is 9. The molecule has 0 bridgehead atoms. The van der Waals surface area contributed by atoms with Crippen molar-refractivity contribution in [2.24, 2.45) is 0 Å². The van der Waals surface area contributed by atoms with Crippen LogP contribution in [0.15, 0.2) is 113 Å². The fourth-order valence-electron chi connectivity index (χ4n) is 6.85. The van der Waals surface area contributed by atoms with Gasteiger partial charge < -0.3 is 72.3 Å². The lowest BCUT2D eigenvalue weighted by Gasteiger charge is -2.19. The van der Waals surface area contributed by atoms with E-state index in [-0.39, 0.29) is 85.2 Å². The van der Waals surface area contributed by atoms with Crippen LogP contribution in [0.25, 0.3) is 22.3 Å². The lowest BCUT2D eigenvalue weighted by Crippen LogP contribution is -2.15. The maximum atomic E-state index is 13.5. The highest BCUT2D eigenvalue weighted by molar-refractivity contribution is 7.53. The molecule has 33 heteroatoms. The third-order valence-corrected chi connectivity index (χ3v) is 14.3. The van der Waals surface area contributed by atoms with E-state index in [1.165, 1.54) is 58.2 Å². The number of fused-ring (bicyclic) bond motifs is 2. The molecule has 0 aliphatic carbocycles. The van der Waals surface area contributed by atoms with Crippen LogP contribution in [0.2, 0.25) is 10.0 Å². The number of nitrogen functional groups attached to an aromatic ring is 2. The second-order valence-corrected chi connectivity index (χ2v) is 21.3. The van der Waals surface area contributed by atoms with Crippen LogP contribution in [-0.4, -0.2) is 112 Å². The molecule has 0 saturated heterocycles. The smallest absolute Gasteiger partial charge is 0.497 e. The lowest BCUT2D eigenvalue weighted by atomic mass is 10.2. The van der Waals surface area contributed by atoms with Gasteiger partial charge in [0.05, 0.1) is 60.4 Å². The van der Waals surface area contributed by atoms with E-state index in [9.17, 15) is 28.3 Å². The summed E-state index contributed by atoms with van der Waals surface area (Å²) in [6.07, 6.45) is -0.375. The van der Waals surface area contributed by atoms with Gasteiger partial charge in [0.15, 0.2) is 33.8 Å². The topological polar surface area (TPSA) is 367 Å². The van der Waals surface area contributed by atoms with Crippen molar-refractivity contribution in [1.82, 2.24) is 39.0 Å². The zero-order valence-corrected chi connectivity index (χ0v) is 46.9. The van der Waals surface area contributed by atoms with Crippen molar-refractivity contribution in [2.45, 2.75) is 26.3 Å². The number of hydrogen-bond acceptors (Lipinski definition) is 25. The van der Waals surface area contributed by atoms with E-state index >= 15 is 0 Å². The van der Waals surface area contributed by atoms with Crippen molar-refractivity contribution in [3.8, 4) is 28.7 Å². The van der Waals surface area contributed by atoms with Crippen molar-refractivity contribution < 1.29 is 79.4 Å². The number of nitrogens with two attached hydrogens (primary N) is 2. The quantitative estimate of drug-likeness (QED) is 0.0125. The third kappa shape index (κ3) is 18.2. The van der Waals surface area contributed by atoms with Gasteiger partial charge in [-0.15, -0.1) is 0 Å². The van der Waals surface area contributed by atoms with Gasteiger partial charge in [-0.05, 0) is 71.8 Å². The highest BCUT2D eigenvalue weighted by atomic mass is 35.5. The SMILES string of the molecule is COc1ccc(OC(=O)OCOP(=O)(COCCn2cnc3c(=O)[nH]c(N)nc32)OCc2cccc(Cl)c2)cc1.COc1ccc(OC(=O)OCOP(=O)(COCCn2cnc3c(=O)[nH]c(N)nc32)OCc2cccc(Cl)c2)cc1OC. The molecule has 0 saturated carbocycles. The minimum absolute atomic E-state index is 0.00984. The predicted octanol–water partition coefficient (Wildman–Crippen LogP) is 7.88. The summed E-state index contributed by atoms with van der Waals surface area (Å²) >= 11 is 12.0. The number of nitrogens with one attached hydrogen (secondary N) is 2. The second-order valence-electron chi connectivity index (χ2n) is 16.4. The highest BCUT2D eigenvalue weighted by Gasteiger charge is 2.29. The number of anilines is 2. The standard InChI is InChI=1S/C25H27ClN5O10P.C24H25ClN5O9P/c1-35-19-7-6-18(11-20(19)36-2)41-25(33)38-14-40-42(34,39-12-16-4-3-5-17(26)10-16)15-37-9-8-31-13-28-21-22(31)29-24(27)30-23(21)32;1-34-18-5-7-19(8-6-18)39-24(32)36-14-38-40(33,37-12-16-3-2-4-17(25)11-16)15-35-10-9-30-13-27-20-21(30)28-23(26)29-22(20)31/h3-7,10-11,13H,8-9,12,14-15H2,1-2H3,(H3,27,29,30,32);2-8,11,13H,9-10,12,14-15H2,1H3,(H3,26,28,29,31). The van der Waals surface area contributed by atoms with Gasteiger partial charge in [0.1, 0.15) is 29.9 Å². The van der Waals surface area contributed by atoms with E-state index in [2.05, 4.69) is 29.9 Å². The first-order valence-corrected chi connectivity index (χ1v) is 28.0. The fourth-order valence-corrected chi connectivity index (χ4v) is 9.55. The first-order valence-electron chi connectivity index (χ1n) is 23.8. The Labute approximate surface area is 474 Å². The van der Waals surface area contributed by atoms with E-state index in [1.54, 1.807) is 75.9 Å². The van der Waals surface area contributed by atoms with Crippen molar-refractivity contribution >= 4 is 84.9 Å². The molecule has 29 nitrogen and oxygen atoms in total. The van der Waals surface area contributed by atoms with Crippen LogP contribution >= 0.6 is 38.4 Å². The molecule has 0 radical (unpaired) electrons. The van der Waals surface area contributed by atoms with Crippen LogP contribution < -0.4 is 46.3 Å². The van der Waals surface area contributed by atoms with E-state index in [0.29, 0.717) is 38.4 Å². The number of aromatic amines is 2. The molecule has 0 aliphatic rings. The van der Waals surface area contributed by atoms with Gasteiger partial charge in [-0.3, -0.25) is 37.7 Å². The van der Waals surface area contributed by atoms with E-state index in [4.69, 9.17) is 95.4 Å². The molecule has 4 aromatic heterocycles. The Morgan fingerprint density at radius 3 is 1.48 bits per heavy atom. The molecule has 0 fully saturated rings. The minimum Gasteiger partial charge on any atom is -0.497 e. The summed E-state index contributed by atoms with van der Waals surface area (Å²) in [6.45, 7) is -1.32. The number of methoxy groups -OCH3 is 3. The number of benzene rings is 4. The number of H-pyrrole nitrogens is 2. The van der Waals surface area contributed by atoms with Crippen LogP contribution in [0.5, 0.6) is 28.7 Å². The predicted molar refractivity (Wildman–Crippen MR) is 293 cm³/mol. The molecular formula is C49H52Cl2N10O19P2. The fraction of sp³-hybridized carbons (Fsp3) is 0.265. The maximum absolute atomic E-state index is 13.5. The molecule has 4 heterocycles. The lowest BCUT2D eigenvalue weighted by molar-refractivity contribution is 0.0141.